The number of carbonyl (C=O) groups excluding carboxylic acids is 2. The van der Waals surface area contributed by atoms with E-state index in [1.165, 1.54) is 0 Å². The number of hydrogen-bond donors (Lipinski definition) is 2. The highest BCUT2D eigenvalue weighted by atomic mass is 35.5. The normalized spacial score (nSPS) is 15.2. The molecule has 0 aliphatic carbocycles. The van der Waals surface area contributed by atoms with Gasteiger partial charge < -0.3 is 19.8 Å². The highest BCUT2D eigenvalue weighted by Gasteiger charge is 2.26. The maximum atomic E-state index is 13.2. The average molecular weight is 507 g/mol. The van der Waals surface area contributed by atoms with Crippen molar-refractivity contribution in [1.82, 2.24) is 0 Å². The van der Waals surface area contributed by atoms with Crippen LogP contribution in [0, 0.1) is 0 Å². The SMILES string of the molecule is CO/N=C1/CCCCN1c1ccc(NC(=O)[C@H](OC(=O)Nc2ccc(Cl)cc2)c2ccccc2)cc1. The van der Waals surface area contributed by atoms with Crippen LogP contribution in [0.2, 0.25) is 5.02 Å². The van der Waals surface area contributed by atoms with Crippen LogP contribution in [0.4, 0.5) is 21.9 Å². The Balaban J connectivity index is 1.46. The Kier molecular flexibility index (Phi) is 8.41. The van der Waals surface area contributed by atoms with Crippen LogP contribution in [0.3, 0.4) is 0 Å². The summed E-state index contributed by atoms with van der Waals surface area (Å²) in [6.07, 6.45) is 1.07. The van der Waals surface area contributed by atoms with Crippen LogP contribution >= 0.6 is 11.6 Å². The number of carbonyl (C=O) groups is 2. The summed E-state index contributed by atoms with van der Waals surface area (Å²) in [6, 6.07) is 22.9. The van der Waals surface area contributed by atoms with Gasteiger partial charge in [0.05, 0.1) is 0 Å². The van der Waals surface area contributed by atoms with Gasteiger partial charge in [0.2, 0.25) is 6.10 Å². The number of hydrogen-bond acceptors (Lipinski definition) is 5. The quantitative estimate of drug-likeness (QED) is 0.371. The first-order valence-electron chi connectivity index (χ1n) is 11.6. The zero-order valence-corrected chi connectivity index (χ0v) is 20.6. The summed E-state index contributed by atoms with van der Waals surface area (Å²) in [5.41, 5.74) is 2.59. The van der Waals surface area contributed by atoms with E-state index in [4.69, 9.17) is 21.2 Å². The van der Waals surface area contributed by atoms with Crippen molar-refractivity contribution in [2.75, 3.05) is 29.2 Å². The first-order valence-corrected chi connectivity index (χ1v) is 12.0. The van der Waals surface area contributed by atoms with Crippen LogP contribution in [0.5, 0.6) is 0 Å². The Morgan fingerprint density at radius 2 is 1.58 bits per heavy atom. The number of oxime groups is 1. The van der Waals surface area contributed by atoms with Gasteiger partial charge in [-0.25, -0.2) is 4.79 Å². The number of rotatable bonds is 7. The Labute approximate surface area is 214 Å². The molecule has 1 atom stereocenters. The predicted octanol–water partition coefficient (Wildman–Crippen LogP) is 6.22. The molecule has 3 aromatic rings. The van der Waals surface area contributed by atoms with Gasteiger partial charge in [0.15, 0.2) is 0 Å². The van der Waals surface area contributed by atoms with Crippen molar-refractivity contribution in [3.63, 3.8) is 0 Å². The molecule has 0 aromatic heterocycles. The van der Waals surface area contributed by atoms with Crippen LogP contribution in [0.1, 0.15) is 30.9 Å². The number of nitrogens with one attached hydrogen (secondary N) is 2. The van der Waals surface area contributed by atoms with E-state index in [9.17, 15) is 9.59 Å². The van der Waals surface area contributed by atoms with E-state index in [1.54, 1.807) is 55.6 Å². The molecule has 186 valence electrons. The fourth-order valence-corrected chi connectivity index (χ4v) is 4.04. The second-order valence-electron chi connectivity index (χ2n) is 8.16. The predicted molar refractivity (Wildman–Crippen MR) is 141 cm³/mol. The molecular weight excluding hydrogens is 480 g/mol. The fraction of sp³-hybridized carbons (Fsp3) is 0.222. The molecule has 1 saturated heterocycles. The molecule has 0 radical (unpaired) electrons. The second-order valence-corrected chi connectivity index (χ2v) is 8.60. The molecule has 1 aliphatic heterocycles. The van der Waals surface area contributed by atoms with E-state index >= 15 is 0 Å². The number of amides is 2. The fourth-order valence-electron chi connectivity index (χ4n) is 3.92. The molecule has 8 nitrogen and oxygen atoms in total. The van der Waals surface area contributed by atoms with Crippen LogP contribution < -0.4 is 15.5 Å². The molecule has 0 bridgehead atoms. The Hall–Kier alpha value is -4.04. The zero-order valence-electron chi connectivity index (χ0n) is 19.8. The standard InChI is InChI=1S/C27H27ClN4O4/c1-35-31-24-9-5-6-18-32(24)23-16-14-21(15-17-23)29-26(33)25(19-7-3-2-4-8-19)36-27(34)30-22-12-10-20(28)11-13-22/h2-4,7-8,10-17,25H,5-6,9,18H2,1H3,(H,29,33)(H,30,34)/b31-24-/t25-/m1/s1. The van der Waals surface area contributed by atoms with Crippen molar-refractivity contribution < 1.29 is 19.2 Å². The minimum absolute atomic E-state index is 0.472. The highest BCUT2D eigenvalue weighted by Crippen LogP contribution is 2.25. The van der Waals surface area contributed by atoms with E-state index in [0.29, 0.717) is 22.0 Å². The average Bonchev–Trinajstić information content (AvgIpc) is 2.90. The lowest BCUT2D eigenvalue weighted by Crippen LogP contribution is -2.35. The van der Waals surface area contributed by atoms with Gasteiger partial charge in [-0.3, -0.25) is 10.1 Å². The third kappa shape index (κ3) is 6.55. The van der Waals surface area contributed by atoms with E-state index in [2.05, 4.69) is 20.7 Å². The summed E-state index contributed by atoms with van der Waals surface area (Å²) in [4.78, 5) is 32.9. The summed E-state index contributed by atoms with van der Waals surface area (Å²) in [5, 5.41) is 10.2. The number of piperidine rings is 1. The monoisotopic (exact) mass is 506 g/mol. The third-order valence-corrected chi connectivity index (χ3v) is 5.89. The molecule has 3 aromatic carbocycles. The van der Waals surface area contributed by atoms with Crippen LogP contribution in [-0.2, 0) is 14.4 Å². The van der Waals surface area contributed by atoms with Crippen molar-refractivity contribution in [3.05, 3.63) is 89.4 Å². The number of nitrogens with zero attached hydrogens (tertiary/aromatic N) is 2. The molecule has 1 aliphatic rings. The Morgan fingerprint density at radius 1 is 0.917 bits per heavy atom. The molecule has 9 heteroatoms. The maximum Gasteiger partial charge on any atom is 0.412 e. The molecule has 4 rings (SSSR count). The first kappa shape index (κ1) is 25.1. The number of amidine groups is 1. The van der Waals surface area contributed by atoms with Crippen molar-refractivity contribution in [2.24, 2.45) is 5.16 Å². The minimum Gasteiger partial charge on any atom is -0.431 e. The van der Waals surface area contributed by atoms with Crippen molar-refractivity contribution in [3.8, 4) is 0 Å². The van der Waals surface area contributed by atoms with Gasteiger partial charge >= 0.3 is 6.09 Å². The van der Waals surface area contributed by atoms with Gasteiger partial charge in [-0.2, -0.15) is 0 Å². The minimum atomic E-state index is -1.15. The van der Waals surface area contributed by atoms with Gasteiger partial charge in [0, 0.05) is 40.6 Å². The summed E-state index contributed by atoms with van der Waals surface area (Å²) < 4.78 is 5.53. The van der Waals surface area contributed by atoms with Gasteiger partial charge in [-0.05, 0) is 61.4 Å². The summed E-state index contributed by atoms with van der Waals surface area (Å²) in [6.45, 7) is 0.848. The summed E-state index contributed by atoms with van der Waals surface area (Å²) in [7, 11) is 1.54. The number of anilines is 3. The molecular formula is C27H27ClN4O4. The highest BCUT2D eigenvalue weighted by molar-refractivity contribution is 6.30. The number of benzene rings is 3. The van der Waals surface area contributed by atoms with Crippen LogP contribution in [0.15, 0.2) is 84.0 Å². The molecule has 1 heterocycles. The second kappa shape index (κ2) is 12.1. The van der Waals surface area contributed by atoms with E-state index in [0.717, 1.165) is 37.3 Å². The molecule has 0 unspecified atom stereocenters. The van der Waals surface area contributed by atoms with Crippen molar-refractivity contribution >= 4 is 46.5 Å². The lowest BCUT2D eigenvalue weighted by Gasteiger charge is -2.29. The van der Waals surface area contributed by atoms with Crippen molar-refractivity contribution in [1.29, 1.82) is 0 Å². The molecule has 2 amide bonds. The molecule has 0 saturated carbocycles. The summed E-state index contributed by atoms with van der Waals surface area (Å²) >= 11 is 5.90. The molecule has 1 fully saturated rings. The van der Waals surface area contributed by atoms with E-state index < -0.39 is 18.1 Å². The maximum absolute atomic E-state index is 13.2. The molecule has 0 spiro atoms. The Bertz CT molecular complexity index is 1200. The van der Waals surface area contributed by atoms with E-state index in [-0.39, 0.29) is 0 Å². The third-order valence-electron chi connectivity index (χ3n) is 5.64. The van der Waals surface area contributed by atoms with Gasteiger partial charge in [-0.1, -0.05) is 47.1 Å². The largest absolute Gasteiger partial charge is 0.431 e. The number of ether oxygens (including phenoxy) is 1. The lowest BCUT2D eigenvalue weighted by molar-refractivity contribution is -0.124. The lowest BCUT2D eigenvalue weighted by atomic mass is 10.1. The smallest absolute Gasteiger partial charge is 0.412 e. The van der Waals surface area contributed by atoms with Gasteiger partial charge in [0.1, 0.15) is 12.9 Å². The first-order chi connectivity index (χ1) is 17.5. The topological polar surface area (TPSA) is 92.3 Å². The molecule has 2 N–H and O–H groups in total. The van der Waals surface area contributed by atoms with Gasteiger partial charge in [0.25, 0.3) is 5.91 Å². The van der Waals surface area contributed by atoms with Gasteiger partial charge in [-0.15, -0.1) is 0 Å². The van der Waals surface area contributed by atoms with Crippen LogP contribution in [0.25, 0.3) is 0 Å². The van der Waals surface area contributed by atoms with Crippen molar-refractivity contribution in [2.45, 2.75) is 25.4 Å². The summed E-state index contributed by atoms with van der Waals surface area (Å²) in [5.74, 6) is 0.407. The van der Waals surface area contributed by atoms with Crippen LogP contribution in [-0.4, -0.2) is 31.5 Å². The van der Waals surface area contributed by atoms with E-state index in [1.807, 2.05) is 30.3 Å². The Morgan fingerprint density at radius 3 is 2.28 bits per heavy atom. The number of halogens is 1. The molecule has 36 heavy (non-hydrogen) atoms. The zero-order chi connectivity index (χ0) is 25.3.